The van der Waals surface area contributed by atoms with Crippen molar-refractivity contribution in [1.29, 1.82) is 0 Å². The Morgan fingerprint density at radius 2 is 1.85 bits per heavy atom. The maximum Gasteiger partial charge on any atom is 0.240 e. The summed E-state index contributed by atoms with van der Waals surface area (Å²) in [6.07, 6.45) is -0.606. The fourth-order valence-corrected chi connectivity index (χ4v) is 2.83. The third kappa shape index (κ3) is 5.46. The molecule has 6 nitrogen and oxygen atoms in total. The first-order chi connectivity index (χ1) is 9.35. The van der Waals surface area contributed by atoms with Crippen LogP contribution in [0.25, 0.3) is 0 Å². The number of aliphatic hydroxyl groups excluding tert-OH is 1. The minimum Gasteiger partial charge on any atom is -0.491 e. The number of ether oxygens (including phenoxy) is 1. The van der Waals surface area contributed by atoms with E-state index in [1.165, 1.54) is 12.1 Å². The summed E-state index contributed by atoms with van der Waals surface area (Å²) >= 11 is 0. The van der Waals surface area contributed by atoms with Gasteiger partial charge in [0.05, 0.1) is 4.90 Å². The van der Waals surface area contributed by atoms with Gasteiger partial charge in [-0.3, -0.25) is 0 Å². The number of rotatable bonds is 8. The van der Waals surface area contributed by atoms with Crippen LogP contribution in [-0.4, -0.2) is 45.9 Å². The third-order valence-electron chi connectivity index (χ3n) is 2.41. The summed E-state index contributed by atoms with van der Waals surface area (Å²) in [4.78, 5) is 0.189. The van der Waals surface area contributed by atoms with Gasteiger partial charge in [-0.25, -0.2) is 13.1 Å². The Bertz CT molecular complexity index is 500. The molecular formula is C13H22N2O4S. The highest BCUT2D eigenvalue weighted by molar-refractivity contribution is 7.89. The van der Waals surface area contributed by atoms with Gasteiger partial charge in [0.1, 0.15) is 18.5 Å². The first-order valence-electron chi connectivity index (χ1n) is 6.43. The molecular weight excluding hydrogens is 280 g/mol. The lowest BCUT2D eigenvalue weighted by Crippen LogP contribution is -2.30. The van der Waals surface area contributed by atoms with E-state index in [4.69, 9.17) is 4.74 Å². The lowest BCUT2D eigenvalue weighted by Gasteiger charge is -2.13. The molecule has 0 heterocycles. The molecule has 0 saturated carbocycles. The lowest BCUT2D eigenvalue weighted by atomic mass is 10.3. The van der Waals surface area contributed by atoms with Gasteiger partial charge in [-0.2, -0.15) is 0 Å². The van der Waals surface area contributed by atoms with Crippen molar-refractivity contribution in [2.75, 3.05) is 20.2 Å². The number of benzene rings is 1. The topological polar surface area (TPSA) is 87.7 Å². The van der Waals surface area contributed by atoms with Gasteiger partial charge in [-0.1, -0.05) is 0 Å². The first kappa shape index (κ1) is 16.9. The Balaban J connectivity index is 2.65. The van der Waals surface area contributed by atoms with Gasteiger partial charge >= 0.3 is 0 Å². The normalized spacial score (nSPS) is 13.4. The van der Waals surface area contributed by atoms with E-state index in [-0.39, 0.29) is 17.5 Å². The molecule has 1 unspecified atom stereocenters. The fourth-order valence-electron chi connectivity index (χ4n) is 1.58. The smallest absolute Gasteiger partial charge is 0.240 e. The molecule has 1 aromatic rings. The number of hydrogen-bond donors (Lipinski definition) is 3. The van der Waals surface area contributed by atoms with Crippen molar-refractivity contribution in [2.24, 2.45) is 0 Å². The maximum absolute atomic E-state index is 11.9. The van der Waals surface area contributed by atoms with E-state index in [0.29, 0.717) is 12.3 Å². The van der Waals surface area contributed by atoms with Crippen LogP contribution in [0.4, 0.5) is 0 Å². The zero-order valence-electron chi connectivity index (χ0n) is 12.0. The number of aliphatic hydroxyl groups is 1. The zero-order chi connectivity index (χ0) is 15.2. The molecule has 114 valence electrons. The van der Waals surface area contributed by atoms with Gasteiger partial charge in [0.2, 0.25) is 10.0 Å². The van der Waals surface area contributed by atoms with Crippen molar-refractivity contribution in [1.82, 2.24) is 10.0 Å². The number of likely N-dealkylation sites (N-methyl/N-ethyl adjacent to an activating group) is 1. The van der Waals surface area contributed by atoms with Crippen molar-refractivity contribution in [3.63, 3.8) is 0 Å². The van der Waals surface area contributed by atoms with Crippen LogP contribution >= 0.6 is 0 Å². The predicted octanol–water partition coefficient (Wildman–Crippen LogP) is 0.332. The third-order valence-corrected chi connectivity index (χ3v) is 4.08. The van der Waals surface area contributed by atoms with Crippen LogP contribution in [0, 0.1) is 0 Å². The molecule has 1 rings (SSSR count). The average Bonchev–Trinajstić information content (AvgIpc) is 2.36. The number of sulfonamides is 1. The van der Waals surface area contributed by atoms with Crippen LogP contribution in [0.5, 0.6) is 5.75 Å². The summed E-state index contributed by atoms with van der Waals surface area (Å²) in [5, 5.41) is 12.3. The summed E-state index contributed by atoms with van der Waals surface area (Å²) in [6.45, 7) is 4.11. The molecule has 1 atom stereocenters. The minimum absolute atomic E-state index is 0.150. The Morgan fingerprint density at radius 3 is 2.35 bits per heavy atom. The summed E-state index contributed by atoms with van der Waals surface area (Å²) in [6, 6.07) is 5.93. The molecule has 1 aromatic carbocycles. The van der Waals surface area contributed by atoms with Crippen LogP contribution < -0.4 is 14.8 Å². The van der Waals surface area contributed by atoms with Crippen molar-refractivity contribution >= 4 is 10.0 Å². The molecule has 0 bridgehead atoms. The van der Waals surface area contributed by atoms with Crippen LogP contribution in [-0.2, 0) is 10.0 Å². The van der Waals surface area contributed by atoms with E-state index in [1.807, 2.05) is 0 Å². The standard InChI is InChI=1S/C13H22N2O4S/c1-10(2)15-20(17,18)13-6-4-12(5-7-13)19-9-11(16)8-14-3/h4-7,10-11,14-16H,8-9H2,1-3H3. The van der Waals surface area contributed by atoms with Gasteiger partial charge in [0, 0.05) is 12.6 Å². The molecule has 0 amide bonds. The monoisotopic (exact) mass is 302 g/mol. The van der Waals surface area contributed by atoms with E-state index in [9.17, 15) is 13.5 Å². The molecule has 0 aromatic heterocycles. The Kier molecular flexibility index (Phi) is 6.41. The van der Waals surface area contributed by atoms with E-state index in [1.54, 1.807) is 33.0 Å². The molecule has 20 heavy (non-hydrogen) atoms. The summed E-state index contributed by atoms with van der Waals surface area (Å²) in [5.41, 5.74) is 0. The van der Waals surface area contributed by atoms with Crippen LogP contribution in [0.1, 0.15) is 13.8 Å². The maximum atomic E-state index is 11.9. The predicted molar refractivity (Wildman–Crippen MR) is 77.3 cm³/mol. The second-order valence-corrected chi connectivity index (χ2v) is 6.48. The van der Waals surface area contributed by atoms with Crippen LogP contribution in [0.15, 0.2) is 29.2 Å². The van der Waals surface area contributed by atoms with E-state index >= 15 is 0 Å². The molecule has 0 aliphatic heterocycles. The van der Waals surface area contributed by atoms with E-state index in [2.05, 4.69) is 10.0 Å². The minimum atomic E-state index is -3.48. The van der Waals surface area contributed by atoms with Gasteiger partial charge in [0.15, 0.2) is 0 Å². The summed E-state index contributed by atoms with van der Waals surface area (Å²) in [5.74, 6) is 0.517. The van der Waals surface area contributed by atoms with Crippen LogP contribution in [0.2, 0.25) is 0 Å². The Labute approximate surface area is 120 Å². The average molecular weight is 302 g/mol. The van der Waals surface area contributed by atoms with Crippen molar-refractivity contribution in [3.05, 3.63) is 24.3 Å². The largest absolute Gasteiger partial charge is 0.491 e. The van der Waals surface area contributed by atoms with Crippen LogP contribution in [0.3, 0.4) is 0 Å². The molecule has 0 aliphatic rings. The molecule has 0 radical (unpaired) electrons. The van der Waals surface area contributed by atoms with Crippen molar-refractivity contribution < 1.29 is 18.3 Å². The number of nitrogens with one attached hydrogen (secondary N) is 2. The summed E-state index contributed by atoms with van der Waals surface area (Å²) in [7, 11) is -1.74. The van der Waals surface area contributed by atoms with Gasteiger partial charge in [-0.15, -0.1) is 0 Å². The van der Waals surface area contributed by atoms with E-state index in [0.717, 1.165) is 0 Å². The van der Waals surface area contributed by atoms with Crippen molar-refractivity contribution in [2.45, 2.75) is 30.9 Å². The number of hydrogen-bond acceptors (Lipinski definition) is 5. The molecule has 0 aliphatic carbocycles. The molecule has 3 N–H and O–H groups in total. The quantitative estimate of drug-likeness (QED) is 0.644. The molecule has 0 spiro atoms. The van der Waals surface area contributed by atoms with Gasteiger partial charge in [-0.05, 0) is 45.2 Å². The molecule has 0 fully saturated rings. The van der Waals surface area contributed by atoms with E-state index < -0.39 is 16.1 Å². The summed E-state index contributed by atoms with van der Waals surface area (Å²) < 4.78 is 31.7. The second kappa shape index (κ2) is 7.58. The Hall–Kier alpha value is -1.15. The molecule has 7 heteroatoms. The second-order valence-electron chi connectivity index (χ2n) is 4.77. The highest BCUT2D eigenvalue weighted by Gasteiger charge is 2.15. The highest BCUT2D eigenvalue weighted by Crippen LogP contribution is 2.16. The van der Waals surface area contributed by atoms with Gasteiger partial charge in [0.25, 0.3) is 0 Å². The highest BCUT2D eigenvalue weighted by atomic mass is 32.2. The molecule has 0 saturated heterocycles. The SMILES string of the molecule is CNCC(O)COc1ccc(S(=O)(=O)NC(C)C)cc1. The van der Waals surface area contributed by atoms with Gasteiger partial charge < -0.3 is 15.2 Å². The fraction of sp³-hybridized carbons (Fsp3) is 0.538. The Morgan fingerprint density at radius 1 is 1.25 bits per heavy atom. The first-order valence-corrected chi connectivity index (χ1v) is 7.91. The lowest BCUT2D eigenvalue weighted by molar-refractivity contribution is 0.108. The zero-order valence-corrected chi connectivity index (χ0v) is 12.8. The van der Waals surface area contributed by atoms with Crippen molar-refractivity contribution in [3.8, 4) is 5.75 Å².